The number of halogens is 1. The third-order valence-corrected chi connectivity index (χ3v) is 6.67. The molecule has 3 amide bonds. The van der Waals surface area contributed by atoms with Gasteiger partial charge in [0.05, 0.1) is 26.3 Å². The number of thiazole rings is 1. The number of methoxy groups -OCH3 is 2. The average Bonchev–Trinajstić information content (AvgIpc) is 3.46. The van der Waals surface area contributed by atoms with Crippen LogP contribution in [0.15, 0.2) is 23.6 Å². The molecule has 0 saturated carbocycles. The molecule has 1 aromatic heterocycles. The lowest BCUT2D eigenvalue weighted by atomic mass is 9.81. The van der Waals surface area contributed by atoms with Crippen molar-refractivity contribution in [2.45, 2.75) is 18.3 Å². The Labute approximate surface area is 187 Å². The van der Waals surface area contributed by atoms with E-state index in [4.69, 9.17) is 16.3 Å². The Morgan fingerprint density at radius 1 is 1.26 bits per heavy atom. The molecule has 2 aliphatic rings. The molecule has 1 unspecified atom stereocenters. The first kappa shape index (κ1) is 21.4. The number of nitrogens with one attached hydrogen (secondary N) is 1. The maximum absolute atomic E-state index is 13.1. The maximum atomic E-state index is 13.1. The normalized spacial score (nSPS) is 19.5. The van der Waals surface area contributed by atoms with Crippen LogP contribution in [0.25, 0.3) is 0 Å². The molecule has 2 aromatic rings. The standard InChI is InChI=1S/C20H21ClN4O5S/c1-29-16(26)8-13-9-31-17(22-13)23-18(27)25-11-20(5-6-24(10-20)19(28)30-2)14-7-12(21)3-4-15(14)25/h3-4,7,9H,5-6,8,10-11H2,1-2H3,(H,22,23,27). The number of benzene rings is 1. The van der Waals surface area contributed by atoms with Crippen LogP contribution < -0.4 is 10.2 Å². The van der Waals surface area contributed by atoms with E-state index in [9.17, 15) is 14.4 Å². The summed E-state index contributed by atoms with van der Waals surface area (Å²) in [5.74, 6) is -0.396. The minimum Gasteiger partial charge on any atom is -0.469 e. The summed E-state index contributed by atoms with van der Waals surface area (Å²) in [6.45, 7) is 1.39. The van der Waals surface area contributed by atoms with Crippen LogP contribution in [-0.2, 0) is 26.1 Å². The summed E-state index contributed by atoms with van der Waals surface area (Å²) in [5, 5.41) is 5.48. The third kappa shape index (κ3) is 4.05. The molecule has 0 radical (unpaired) electrons. The Balaban J connectivity index is 1.55. The number of amides is 3. The number of anilines is 2. The second-order valence-electron chi connectivity index (χ2n) is 7.50. The van der Waals surface area contributed by atoms with Crippen molar-refractivity contribution in [3.8, 4) is 0 Å². The van der Waals surface area contributed by atoms with E-state index in [1.165, 1.54) is 25.6 Å². The number of ether oxygens (including phenoxy) is 2. The number of nitrogens with zero attached hydrogens (tertiary/aromatic N) is 3. The molecular formula is C20H21ClN4O5S. The van der Waals surface area contributed by atoms with Gasteiger partial charge in [-0.1, -0.05) is 11.6 Å². The van der Waals surface area contributed by atoms with Gasteiger partial charge in [0, 0.05) is 41.1 Å². The highest BCUT2D eigenvalue weighted by Crippen LogP contribution is 2.47. The lowest BCUT2D eigenvalue weighted by Crippen LogP contribution is -2.41. The zero-order valence-electron chi connectivity index (χ0n) is 17.0. The van der Waals surface area contributed by atoms with Gasteiger partial charge >= 0.3 is 18.1 Å². The molecule has 4 rings (SSSR count). The van der Waals surface area contributed by atoms with Crippen LogP contribution in [0.2, 0.25) is 5.02 Å². The van der Waals surface area contributed by atoms with Crippen LogP contribution >= 0.6 is 22.9 Å². The first-order valence-electron chi connectivity index (χ1n) is 9.58. The Hall–Kier alpha value is -2.85. The quantitative estimate of drug-likeness (QED) is 0.699. The highest BCUT2D eigenvalue weighted by atomic mass is 35.5. The number of hydrogen-bond acceptors (Lipinski definition) is 7. The molecule has 164 valence electrons. The van der Waals surface area contributed by atoms with E-state index < -0.39 is 11.4 Å². The zero-order chi connectivity index (χ0) is 22.2. The smallest absolute Gasteiger partial charge is 0.409 e. The molecule has 1 N–H and O–H groups in total. The van der Waals surface area contributed by atoms with E-state index in [2.05, 4.69) is 15.0 Å². The largest absolute Gasteiger partial charge is 0.469 e. The molecule has 31 heavy (non-hydrogen) atoms. The molecule has 1 fully saturated rings. The van der Waals surface area contributed by atoms with Crippen molar-refractivity contribution in [3.05, 3.63) is 39.9 Å². The second-order valence-corrected chi connectivity index (χ2v) is 8.79. The van der Waals surface area contributed by atoms with Gasteiger partial charge in [-0.15, -0.1) is 11.3 Å². The summed E-state index contributed by atoms with van der Waals surface area (Å²) >= 11 is 7.49. The summed E-state index contributed by atoms with van der Waals surface area (Å²) in [6.07, 6.45) is 0.351. The average molecular weight is 465 g/mol. The van der Waals surface area contributed by atoms with Crippen molar-refractivity contribution in [3.63, 3.8) is 0 Å². The maximum Gasteiger partial charge on any atom is 0.409 e. The van der Waals surface area contributed by atoms with Crippen LogP contribution in [-0.4, -0.2) is 61.8 Å². The molecule has 1 atom stereocenters. The number of likely N-dealkylation sites (tertiary alicyclic amines) is 1. The lowest BCUT2D eigenvalue weighted by molar-refractivity contribution is -0.139. The number of carbonyl (C=O) groups excluding carboxylic acids is 3. The molecule has 1 saturated heterocycles. The molecule has 1 spiro atoms. The van der Waals surface area contributed by atoms with E-state index in [0.717, 1.165) is 11.3 Å². The highest BCUT2D eigenvalue weighted by molar-refractivity contribution is 7.14. The number of aromatic nitrogens is 1. The second kappa shape index (κ2) is 8.35. The lowest BCUT2D eigenvalue weighted by Gasteiger charge is -2.25. The SMILES string of the molecule is COC(=O)Cc1csc(NC(=O)N2CC3(CCN(C(=O)OC)C3)c3cc(Cl)ccc32)n1. The Morgan fingerprint density at radius 2 is 2.06 bits per heavy atom. The van der Waals surface area contributed by atoms with Gasteiger partial charge in [0.2, 0.25) is 0 Å². The summed E-state index contributed by atoms with van der Waals surface area (Å²) in [5.41, 5.74) is 1.80. The Morgan fingerprint density at radius 3 is 2.81 bits per heavy atom. The summed E-state index contributed by atoms with van der Waals surface area (Å²) in [6, 6.07) is 5.08. The molecule has 3 heterocycles. The minimum absolute atomic E-state index is 0.0421. The number of rotatable bonds is 3. The molecule has 0 bridgehead atoms. The number of carbonyl (C=O) groups is 3. The monoisotopic (exact) mass is 464 g/mol. The fourth-order valence-corrected chi connectivity index (χ4v) is 5.03. The molecule has 11 heteroatoms. The van der Waals surface area contributed by atoms with E-state index >= 15 is 0 Å². The van der Waals surface area contributed by atoms with Crippen LogP contribution in [0.5, 0.6) is 0 Å². The topological polar surface area (TPSA) is 101 Å². The third-order valence-electron chi connectivity index (χ3n) is 5.63. The van der Waals surface area contributed by atoms with Gasteiger partial charge in [-0.05, 0) is 30.2 Å². The number of urea groups is 1. The van der Waals surface area contributed by atoms with Gasteiger partial charge in [0.15, 0.2) is 5.13 Å². The Kier molecular flexibility index (Phi) is 5.76. The minimum atomic E-state index is -0.412. The number of hydrogen-bond donors (Lipinski definition) is 1. The zero-order valence-corrected chi connectivity index (χ0v) is 18.6. The van der Waals surface area contributed by atoms with E-state index in [1.54, 1.807) is 21.2 Å². The highest BCUT2D eigenvalue weighted by Gasteiger charge is 2.50. The van der Waals surface area contributed by atoms with Crippen LogP contribution in [0, 0.1) is 0 Å². The van der Waals surface area contributed by atoms with Crippen LogP contribution in [0.3, 0.4) is 0 Å². The van der Waals surface area contributed by atoms with Gasteiger partial charge in [-0.25, -0.2) is 14.6 Å². The van der Waals surface area contributed by atoms with Crippen molar-refractivity contribution in [1.29, 1.82) is 0 Å². The summed E-state index contributed by atoms with van der Waals surface area (Å²) in [7, 11) is 2.67. The van der Waals surface area contributed by atoms with E-state index in [0.29, 0.717) is 41.9 Å². The summed E-state index contributed by atoms with van der Waals surface area (Å²) < 4.78 is 9.51. The van der Waals surface area contributed by atoms with Gasteiger partial charge in [-0.2, -0.15) is 0 Å². The molecule has 0 aliphatic carbocycles. The first-order chi connectivity index (χ1) is 14.8. The van der Waals surface area contributed by atoms with E-state index in [1.807, 2.05) is 12.1 Å². The van der Waals surface area contributed by atoms with Crippen molar-refractivity contribution in [2.24, 2.45) is 0 Å². The predicted octanol–water partition coefficient (Wildman–Crippen LogP) is 3.27. The molecule has 1 aromatic carbocycles. The van der Waals surface area contributed by atoms with Gasteiger partial charge in [0.1, 0.15) is 0 Å². The van der Waals surface area contributed by atoms with Crippen molar-refractivity contribution in [1.82, 2.24) is 9.88 Å². The van der Waals surface area contributed by atoms with Gasteiger partial charge in [0.25, 0.3) is 0 Å². The van der Waals surface area contributed by atoms with Gasteiger partial charge in [-0.3, -0.25) is 15.0 Å². The predicted molar refractivity (Wildman–Crippen MR) is 116 cm³/mol. The van der Waals surface area contributed by atoms with Gasteiger partial charge < -0.3 is 14.4 Å². The van der Waals surface area contributed by atoms with Crippen molar-refractivity contribution in [2.75, 3.05) is 44.1 Å². The fourth-order valence-electron chi connectivity index (χ4n) is 4.15. The summed E-state index contributed by atoms with van der Waals surface area (Å²) in [4.78, 5) is 44.1. The van der Waals surface area contributed by atoms with Crippen LogP contribution in [0.4, 0.5) is 20.4 Å². The number of esters is 1. The molecule has 9 nitrogen and oxygen atoms in total. The van der Waals surface area contributed by atoms with Crippen molar-refractivity contribution < 1.29 is 23.9 Å². The fraction of sp³-hybridized carbons (Fsp3) is 0.400. The van der Waals surface area contributed by atoms with E-state index in [-0.39, 0.29) is 18.5 Å². The molecular weight excluding hydrogens is 444 g/mol. The number of fused-ring (bicyclic) bond motifs is 2. The van der Waals surface area contributed by atoms with Crippen molar-refractivity contribution >= 4 is 51.9 Å². The Bertz CT molecular complexity index is 1040. The first-order valence-corrected chi connectivity index (χ1v) is 10.8. The van der Waals surface area contributed by atoms with Crippen LogP contribution in [0.1, 0.15) is 17.7 Å². The molecule has 2 aliphatic heterocycles.